The van der Waals surface area contributed by atoms with E-state index in [1.807, 2.05) is 0 Å². The van der Waals surface area contributed by atoms with Gasteiger partial charge in [0.2, 0.25) is 6.29 Å². The third-order valence-corrected chi connectivity index (χ3v) is 4.92. The smallest absolute Gasteiger partial charge is 0.335 e. The highest BCUT2D eigenvalue weighted by molar-refractivity contribution is 5.80. The van der Waals surface area contributed by atoms with Gasteiger partial charge in [0.15, 0.2) is 11.5 Å². The molecule has 2 heterocycles. The van der Waals surface area contributed by atoms with Gasteiger partial charge in [-0.1, -0.05) is 0 Å². The first-order valence-corrected chi connectivity index (χ1v) is 9.21. The molecule has 0 aliphatic carbocycles. The largest absolute Gasteiger partial charge is 0.508 e. The highest BCUT2D eigenvalue weighted by Crippen LogP contribution is 2.29. The number of hydrogen-bond donors (Lipinski definition) is 5. The average molecular weight is 430 g/mol. The maximum absolute atomic E-state index is 12.4. The molecule has 0 spiro atoms. The normalized spacial score (nSPS) is 26.0. The van der Waals surface area contributed by atoms with E-state index in [9.17, 15) is 30.0 Å². The van der Waals surface area contributed by atoms with Crippen molar-refractivity contribution >= 4 is 16.9 Å². The van der Waals surface area contributed by atoms with Gasteiger partial charge in [-0.3, -0.25) is 4.79 Å². The van der Waals surface area contributed by atoms with E-state index >= 15 is 0 Å². The summed E-state index contributed by atoms with van der Waals surface area (Å²) in [7, 11) is 0. The van der Waals surface area contributed by atoms with E-state index in [0.717, 1.165) is 0 Å². The lowest BCUT2D eigenvalue weighted by Gasteiger charge is -2.38. The molecule has 5 N–H and O–H groups in total. The molecule has 1 aliphatic rings. The van der Waals surface area contributed by atoms with Gasteiger partial charge in [0.05, 0.1) is 5.39 Å². The molecule has 0 radical (unpaired) electrons. The van der Waals surface area contributed by atoms with Crippen molar-refractivity contribution in [3.05, 3.63) is 58.8 Å². The van der Waals surface area contributed by atoms with Crippen LogP contribution in [0.1, 0.15) is 0 Å². The van der Waals surface area contributed by atoms with E-state index in [2.05, 4.69) is 0 Å². The number of phenols is 1. The Labute approximate surface area is 174 Å². The molecule has 2 aromatic carbocycles. The van der Waals surface area contributed by atoms with E-state index < -0.39 is 36.7 Å². The monoisotopic (exact) mass is 430 g/mol. The minimum atomic E-state index is -1.84. The van der Waals surface area contributed by atoms with Gasteiger partial charge in [-0.05, 0) is 36.4 Å². The lowest BCUT2D eigenvalue weighted by Crippen LogP contribution is -2.61. The third-order valence-electron chi connectivity index (χ3n) is 4.92. The Morgan fingerprint density at radius 3 is 2.32 bits per heavy atom. The highest BCUT2D eigenvalue weighted by Gasteiger charge is 2.48. The Hall–Kier alpha value is -3.44. The van der Waals surface area contributed by atoms with Crippen molar-refractivity contribution in [3.63, 3.8) is 0 Å². The van der Waals surface area contributed by atoms with Gasteiger partial charge in [-0.2, -0.15) is 0 Å². The summed E-state index contributed by atoms with van der Waals surface area (Å²) in [6.07, 6.45) is -8.77. The summed E-state index contributed by atoms with van der Waals surface area (Å²) >= 11 is 0. The molecule has 10 heteroatoms. The van der Waals surface area contributed by atoms with Crippen LogP contribution in [-0.4, -0.2) is 62.2 Å². The Morgan fingerprint density at radius 1 is 0.935 bits per heavy atom. The molecule has 10 nitrogen and oxygen atoms in total. The summed E-state index contributed by atoms with van der Waals surface area (Å²) in [5.41, 5.74) is 0.374. The zero-order chi connectivity index (χ0) is 22.3. The van der Waals surface area contributed by atoms with Gasteiger partial charge < -0.3 is 39.4 Å². The lowest BCUT2D eigenvalue weighted by atomic mass is 9.99. The third kappa shape index (κ3) is 3.97. The molecular weight excluding hydrogens is 412 g/mol. The molecule has 0 bridgehead atoms. The summed E-state index contributed by atoms with van der Waals surface area (Å²) in [6, 6.07) is 11.5. The van der Waals surface area contributed by atoms with Crippen LogP contribution in [0.5, 0.6) is 11.5 Å². The summed E-state index contributed by atoms with van der Waals surface area (Å²) < 4.78 is 16.3. The topological polar surface area (TPSA) is 167 Å². The Bertz CT molecular complexity index is 1170. The Balaban J connectivity index is 1.66. The standard InChI is InChI=1S/C21H18O10/c22-10-3-1-9(2-4-10)14-8-13(23)12-6-5-11(7-15(12)30-14)29-21-18(26)16(24)17(25)19(31-21)20(27)28/h1-8,16-19,21-22,24-26H,(H,27,28)/t16-,17-,18+,19+,21+/m0/s1. The number of carboxylic acid groups (broad SMARTS) is 1. The number of rotatable bonds is 4. The number of ether oxygens (including phenoxy) is 2. The van der Waals surface area contributed by atoms with Gasteiger partial charge in [0.1, 0.15) is 41.2 Å². The first-order chi connectivity index (χ1) is 14.7. The van der Waals surface area contributed by atoms with Crippen LogP contribution in [0, 0.1) is 0 Å². The molecular formula is C21H18O10. The van der Waals surface area contributed by atoms with Gasteiger partial charge >= 0.3 is 5.97 Å². The number of carbonyl (C=O) groups is 1. The summed E-state index contributed by atoms with van der Waals surface area (Å²) in [5.74, 6) is -1.17. The van der Waals surface area contributed by atoms with E-state index in [1.54, 1.807) is 12.1 Å². The molecule has 3 aromatic rings. The SMILES string of the molecule is O=C(O)[C@@H]1O[C@@H](Oc2ccc3c(=O)cc(-c4ccc(O)cc4)oc3c2)[C@H](O)[C@@H](O)[C@@H]1O. The molecule has 162 valence electrons. The van der Waals surface area contributed by atoms with Crippen molar-refractivity contribution in [3.8, 4) is 22.8 Å². The second-order valence-corrected chi connectivity index (χ2v) is 7.03. The summed E-state index contributed by atoms with van der Waals surface area (Å²) in [5, 5.41) is 48.5. The Kier molecular flexibility index (Phi) is 5.38. The maximum atomic E-state index is 12.4. The van der Waals surface area contributed by atoms with Crippen LogP contribution in [0.15, 0.2) is 57.7 Å². The second-order valence-electron chi connectivity index (χ2n) is 7.03. The van der Waals surface area contributed by atoms with Crippen LogP contribution < -0.4 is 10.2 Å². The maximum Gasteiger partial charge on any atom is 0.335 e. The molecule has 0 saturated carbocycles. The minimum Gasteiger partial charge on any atom is -0.508 e. The molecule has 4 rings (SSSR count). The summed E-state index contributed by atoms with van der Waals surface area (Å²) in [4.78, 5) is 23.7. The molecule has 1 fully saturated rings. The van der Waals surface area contributed by atoms with Gasteiger partial charge in [-0.15, -0.1) is 0 Å². The molecule has 1 aromatic heterocycles. The number of benzene rings is 2. The fourth-order valence-electron chi connectivity index (χ4n) is 3.26. The van der Waals surface area contributed by atoms with Crippen molar-refractivity contribution in [2.45, 2.75) is 30.7 Å². The molecule has 0 unspecified atom stereocenters. The van der Waals surface area contributed by atoms with Crippen molar-refractivity contribution < 1.29 is 44.2 Å². The fraction of sp³-hybridized carbons (Fsp3) is 0.238. The predicted molar refractivity (Wildman–Crippen MR) is 105 cm³/mol. The first-order valence-electron chi connectivity index (χ1n) is 9.21. The van der Waals surface area contributed by atoms with E-state index in [4.69, 9.17) is 19.0 Å². The van der Waals surface area contributed by atoms with Crippen molar-refractivity contribution in [2.75, 3.05) is 0 Å². The molecule has 1 aliphatic heterocycles. The first kappa shape index (κ1) is 20.8. The number of fused-ring (bicyclic) bond motifs is 1. The van der Waals surface area contributed by atoms with Crippen molar-refractivity contribution in [1.29, 1.82) is 0 Å². The minimum absolute atomic E-state index is 0.0561. The van der Waals surface area contributed by atoms with E-state index in [1.165, 1.54) is 36.4 Å². The van der Waals surface area contributed by atoms with Crippen LogP contribution in [0.25, 0.3) is 22.3 Å². The van der Waals surface area contributed by atoms with Crippen molar-refractivity contribution in [2.24, 2.45) is 0 Å². The van der Waals surface area contributed by atoms with Crippen LogP contribution >= 0.6 is 0 Å². The van der Waals surface area contributed by atoms with Crippen LogP contribution in [0.3, 0.4) is 0 Å². The fourth-order valence-corrected chi connectivity index (χ4v) is 3.26. The number of aromatic hydroxyl groups is 1. The quantitative estimate of drug-likeness (QED) is 0.392. The van der Waals surface area contributed by atoms with Gasteiger partial charge in [-0.25, -0.2) is 4.79 Å². The second kappa shape index (κ2) is 8.00. The number of aliphatic carboxylic acids is 1. The van der Waals surface area contributed by atoms with Crippen LogP contribution in [0.2, 0.25) is 0 Å². The zero-order valence-corrected chi connectivity index (χ0v) is 15.8. The number of phenolic OH excluding ortho intramolecular Hbond substituents is 1. The zero-order valence-electron chi connectivity index (χ0n) is 15.8. The predicted octanol–water partition coefficient (Wildman–Crippen LogP) is 0.437. The van der Waals surface area contributed by atoms with Crippen molar-refractivity contribution in [1.82, 2.24) is 0 Å². The van der Waals surface area contributed by atoms with E-state index in [0.29, 0.717) is 5.56 Å². The molecule has 5 atom stereocenters. The number of aliphatic hydroxyl groups excluding tert-OH is 3. The number of hydrogen-bond acceptors (Lipinski definition) is 9. The number of carboxylic acids is 1. The van der Waals surface area contributed by atoms with Crippen LogP contribution in [0.4, 0.5) is 0 Å². The Morgan fingerprint density at radius 2 is 1.65 bits per heavy atom. The van der Waals surface area contributed by atoms with E-state index in [-0.39, 0.29) is 33.7 Å². The average Bonchev–Trinajstić information content (AvgIpc) is 2.74. The lowest BCUT2D eigenvalue weighted by molar-refractivity contribution is -0.271. The molecule has 1 saturated heterocycles. The van der Waals surface area contributed by atoms with Gasteiger partial charge in [0.25, 0.3) is 0 Å². The highest BCUT2D eigenvalue weighted by atomic mass is 16.7. The van der Waals surface area contributed by atoms with Gasteiger partial charge in [0, 0.05) is 17.7 Å². The molecule has 0 amide bonds. The number of aliphatic hydroxyl groups is 3. The molecule has 31 heavy (non-hydrogen) atoms. The summed E-state index contributed by atoms with van der Waals surface area (Å²) in [6.45, 7) is 0. The van der Waals surface area contributed by atoms with Crippen LogP contribution in [-0.2, 0) is 9.53 Å².